The Morgan fingerprint density at radius 2 is 1.88 bits per heavy atom. The predicted molar refractivity (Wildman–Crippen MR) is 99.4 cm³/mol. The van der Waals surface area contributed by atoms with Gasteiger partial charge in [-0.25, -0.2) is 9.78 Å². The molecule has 0 atom stereocenters. The molecule has 1 heterocycles. The molecule has 0 aliphatic rings. The van der Waals surface area contributed by atoms with Gasteiger partial charge >= 0.3 is 6.09 Å². The maximum atomic E-state index is 11.6. The van der Waals surface area contributed by atoms with Crippen molar-refractivity contribution in [2.75, 3.05) is 24.1 Å². The van der Waals surface area contributed by atoms with Crippen LogP contribution in [0.15, 0.2) is 54.7 Å². The highest BCUT2D eigenvalue weighted by molar-refractivity contribution is 5.94. The van der Waals surface area contributed by atoms with Crippen molar-refractivity contribution in [2.45, 2.75) is 6.61 Å². The molecule has 0 bridgehead atoms. The first-order valence-corrected chi connectivity index (χ1v) is 7.95. The van der Waals surface area contributed by atoms with Crippen molar-refractivity contribution in [3.63, 3.8) is 0 Å². The van der Waals surface area contributed by atoms with Gasteiger partial charge in [0.1, 0.15) is 12.4 Å². The lowest BCUT2D eigenvalue weighted by Gasteiger charge is -2.07. The number of nitrogens with two attached hydrogens (primary N) is 2. The lowest BCUT2D eigenvalue weighted by molar-refractivity contribution is 0.1000. The Kier molecular flexibility index (Phi) is 6.99. The molecule has 6 N–H and O–H groups in total. The fourth-order valence-electron chi connectivity index (χ4n) is 2.00. The van der Waals surface area contributed by atoms with Crippen molar-refractivity contribution in [3.05, 3.63) is 65.9 Å². The van der Waals surface area contributed by atoms with E-state index < -0.39 is 12.0 Å². The van der Waals surface area contributed by atoms with Gasteiger partial charge in [-0.05, 0) is 11.6 Å². The molecule has 0 spiro atoms. The van der Waals surface area contributed by atoms with E-state index in [1.807, 2.05) is 30.3 Å². The van der Waals surface area contributed by atoms with E-state index in [-0.39, 0.29) is 12.2 Å². The molecule has 26 heavy (non-hydrogen) atoms. The van der Waals surface area contributed by atoms with Gasteiger partial charge in [-0.1, -0.05) is 42.5 Å². The second kappa shape index (κ2) is 9.67. The van der Waals surface area contributed by atoms with Crippen molar-refractivity contribution < 1.29 is 14.3 Å². The Bertz CT molecular complexity index is 778. The minimum absolute atomic E-state index is 0.226. The van der Waals surface area contributed by atoms with E-state index in [1.54, 1.807) is 12.2 Å². The number of carbonyl (C=O) groups excluding carboxylic acids is 2. The van der Waals surface area contributed by atoms with Gasteiger partial charge in [0.15, 0.2) is 0 Å². The average molecular weight is 355 g/mol. The molecule has 1 aromatic carbocycles. The minimum atomic E-state index is -0.583. The average Bonchev–Trinajstić information content (AvgIpc) is 2.64. The van der Waals surface area contributed by atoms with Crippen LogP contribution in [0.1, 0.15) is 15.9 Å². The number of rotatable bonds is 8. The summed E-state index contributed by atoms with van der Waals surface area (Å²) in [5, 5.41) is 5.61. The zero-order valence-corrected chi connectivity index (χ0v) is 14.1. The number of nitrogens with zero attached hydrogens (tertiary/aromatic N) is 1. The number of hydrogen-bond donors (Lipinski definition) is 4. The van der Waals surface area contributed by atoms with E-state index in [2.05, 4.69) is 15.6 Å². The van der Waals surface area contributed by atoms with Crippen LogP contribution in [0.5, 0.6) is 0 Å². The topological polar surface area (TPSA) is 132 Å². The molecule has 2 rings (SSSR count). The van der Waals surface area contributed by atoms with E-state index >= 15 is 0 Å². The Morgan fingerprint density at radius 1 is 1.15 bits per heavy atom. The number of amides is 2. The highest BCUT2D eigenvalue weighted by Crippen LogP contribution is 2.15. The van der Waals surface area contributed by atoms with Gasteiger partial charge in [0.25, 0.3) is 0 Å². The van der Waals surface area contributed by atoms with Crippen LogP contribution in [0.4, 0.5) is 16.3 Å². The second-order valence-corrected chi connectivity index (χ2v) is 5.32. The molecule has 0 saturated heterocycles. The van der Waals surface area contributed by atoms with E-state index in [1.165, 1.54) is 12.3 Å². The molecule has 2 amide bonds. The van der Waals surface area contributed by atoms with E-state index in [9.17, 15) is 9.59 Å². The number of benzene rings is 1. The van der Waals surface area contributed by atoms with Crippen LogP contribution in [0.2, 0.25) is 0 Å². The normalized spacial score (nSPS) is 10.5. The molecule has 0 saturated carbocycles. The van der Waals surface area contributed by atoms with Gasteiger partial charge in [0.2, 0.25) is 5.91 Å². The maximum Gasteiger partial charge on any atom is 0.407 e. The lowest BCUT2D eigenvalue weighted by atomic mass is 10.2. The summed E-state index contributed by atoms with van der Waals surface area (Å²) in [7, 11) is 0. The number of nitrogen functional groups attached to an aromatic ring is 1. The van der Waals surface area contributed by atoms with Crippen LogP contribution >= 0.6 is 0 Å². The number of nitrogens with one attached hydrogen (secondary N) is 2. The number of aromatic nitrogens is 1. The third-order valence-corrected chi connectivity index (χ3v) is 3.33. The Labute approximate surface area is 151 Å². The molecular formula is C18H21N5O3. The summed E-state index contributed by atoms with van der Waals surface area (Å²) < 4.78 is 5.09. The molecule has 8 heteroatoms. The molecule has 8 nitrogen and oxygen atoms in total. The molecule has 0 fully saturated rings. The number of ether oxygens (including phenoxy) is 1. The van der Waals surface area contributed by atoms with Crippen molar-refractivity contribution in [1.82, 2.24) is 10.3 Å². The van der Waals surface area contributed by atoms with E-state index in [0.29, 0.717) is 24.6 Å². The van der Waals surface area contributed by atoms with Crippen LogP contribution in [-0.2, 0) is 11.3 Å². The number of anilines is 2. The fourth-order valence-corrected chi connectivity index (χ4v) is 2.00. The Hall–Kier alpha value is -3.55. The Balaban J connectivity index is 1.65. The number of alkyl carbamates (subject to hydrolysis) is 1. The predicted octanol–water partition coefficient (Wildman–Crippen LogP) is 1.66. The first kappa shape index (κ1) is 18.8. The molecular weight excluding hydrogens is 334 g/mol. The van der Waals surface area contributed by atoms with Crippen LogP contribution in [-0.4, -0.2) is 30.1 Å². The number of primary amides is 1. The summed E-state index contributed by atoms with van der Waals surface area (Å²) in [5.41, 5.74) is 12.5. The van der Waals surface area contributed by atoms with Gasteiger partial charge in [0, 0.05) is 19.3 Å². The van der Waals surface area contributed by atoms with Gasteiger partial charge < -0.3 is 26.8 Å². The minimum Gasteiger partial charge on any atom is -0.445 e. The molecule has 1 aromatic heterocycles. The first-order valence-electron chi connectivity index (χ1n) is 7.95. The van der Waals surface area contributed by atoms with Gasteiger partial charge in [-0.3, -0.25) is 4.79 Å². The van der Waals surface area contributed by atoms with Crippen molar-refractivity contribution >= 4 is 23.5 Å². The summed E-state index contributed by atoms with van der Waals surface area (Å²) in [6.45, 7) is 1.01. The third-order valence-electron chi connectivity index (χ3n) is 3.33. The van der Waals surface area contributed by atoms with Gasteiger partial charge in [-0.15, -0.1) is 0 Å². The van der Waals surface area contributed by atoms with Crippen LogP contribution in [0, 0.1) is 0 Å². The lowest BCUT2D eigenvalue weighted by Crippen LogP contribution is -2.24. The fraction of sp³-hybridized carbons (Fsp3) is 0.167. The van der Waals surface area contributed by atoms with E-state index in [0.717, 1.165) is 5.56 Å². The van der Waals surface area contributed by atoms with Gasteiger partial charge in [0.05, 0.1) is 11.3 Å². The molecule has 2 aromatic rings. The first-order chi connectivity index (χ1) is 12.6. The quantitative estimate of drug-likeness (QED) is 0.532. The van der Waals surface area contributed by atoms with Crippen molar-refractivity contribution in [1.29, 1.82) is 0 Å². The highest BCUT2D eigenvalue weighted by Gasteiger charge is 2.05. The third kappa shape index (κ3) is 6.16. The number of hydrogen-bond acceptors (Lipinski definition) is 6. The Morgan fingerprint density at radius 3 is 2.58 bits per heavy atom. The van der Waals surface area contributed by atoms with Crippen LogP contribution in [0.3, 0.4) is 0 Å². The highest BCUT2D eigenvalue weighted by atomic mass is 16.5. The zero-order valence-electron chi connectivity index (χ0n) is 14.1. The molecule has 0 unspecified atom stereocenters. The van der Waals surface area contributed by atoms with Crippen LogP contribution < -0.4 is 22.1 Å². The smallest absolute Gasteiger partial charge is 0.407 e. The molecule has 136 valence electrons. The number of carbonyl (C=O) groups is 2. The van der Waals surface area contributed by atoms with Crippen LogP contribution in [0.25, 0.3) is 0 Å². The van der Waals surface area contributed by atoms with Crippen molar-refractivity contribution in [3.8, 4) is 0 Å². The summed E-state index contributed by atoms with van der Waals surface area (Å²) in [6, 6.07) is 10.9. The zero-order chi connectivity index (χ0) is 18.8. The summed E-state index contributed by atoms with van der Waals surface area (Å²) in [5.74, 6) is -0.129. The standard InChI is InChI=1S/C18H21N5O3/c19-15-10-14(16(20)24)11-23-17(15)21-8-4-5-9-22-18(25)26-12-13-6-2-1-3-7-13/h1-7,10-11H,8-9,12,19H2,(H2,20,24)(H,21,23)(H,22,25)/b5-4+. The van der Waals surface area contributed by atoms with Gasteiger partial charge in [-0.2, -0.15) is 0 Å². The molecule has 0 radical (unpaired) electrons. The summed E-state index contributed by atoms with van der Waals surface area (Å²) in [4.78, 5) is 26.6. The van der Waals surface area contributed by atoms with Crippen molar-refractivity contribution in [2.24, 2.45) is 5.73 Å². The second-order valence-electron chi connectivity index (χ2n) is 5.32. The monoisotopic (exact) mass is 355 g/mol. The largest absolute Gasteiger partial charge is 0.445 e. The summed E-state index contributed by atoms with van der Waals surface area (Å²) >= 11 is 0. The van der Waals surface area contributed by atoms with E-state index in [4.69, 9.17) is 16.2 Å². The summed E-state index contributed by atoms with van der Waals surface area (Å²) in [6.07, 6.45) is 4.44. The number of pyridine rings is 1. The molecule has 0 aliphatic heterocycles. The SMILES string of the molecule is NC(=O)c1cnc(NC/C=C/CNC(=O)OCc2ccccc2)c(N)c1. The molecule has 0 aliphatic carbocycles. The maximum absolute atomic E-state index is 11.6.